The van der Waals surface area contributed by atoms with Gasteiger partial charge in [0.05, 0.1) is 11.6 Å². The lowest BCUT2D eigenvalue weighted by Crippen LogP contribution is -2.49. The molecule has 0 saturated carbocycles. The zero-order chi connectivity index (χ0) is 19.1. The molecule has 3 heterocycles. The summed E-state index contributed by atoms with van der Waals surface area (Å²) in [6, 6.07) is 4.67. The number of thiophene rings is 1. The van der Waals surface area contributed by atoms with Gasteiger partial charge in [0, 0.05) is 52.3 Å². The lowest BCUT2D eigenvalue weighted by Gasteiger charge is -2.33. The Balaban J connectivity index is 0.00000280. The molecule has 2 fully saturated rings. The number of anilines is 1. The van der Waals surface area contributed by atoms with Crippen LogP contribution >= 0.6 is 35.3 Å². The van der Waals surface area contributed by atoms with Crippen LogP contribution in [0.2, 0.25) is 0 Å². The lowest BCUT2D eigenvalue weighted by molar-refractivity contribution is -0.127. The number of ether oxygens (including phenoxy) is 1. The van der Waals surface area contributed by atoms with Crippen molar-refractivity contribution in [2.45, 2.75) is 25.3 Å². The summed E-state index contributed by atoms with van der Waals surface area (Å²) in [5.74, 6) is 1.27. The number of aliphatic imine (C=N–C) groups is 1. The monoisotopic (exact) mass is 521 g/mol. The quantitative estimate of drug-likeness (QED) is 0.341. The Morgan fingerprint density at radius 1 is 1.36 bits per heavy atom. The highest BCUT2D eigenvalue weighted by molar-refractivity contribution is 14.0. The third kappa shape index (κ3) is 7.07. The molecule has 0 spiro atoms. The van der Waals surface area contributed by atoms with E-state index in [1.807, 2.05) is 0 Å². The van der Waals surface area contributed by atoms with Crippen LogP contribution in [0.15, 0.2) is 22.5 Å². The molecule has 1 atom stereocenters. The summed E-state index contributed by atoms with van der Waals surface area (Å²) in [6.07, 6.45) is 3.20. The van der Waals surface area contributed by atoms with Crippen molar-refractivity contribution in [2.24, 2.45) is 10.9 Å². The first-order valence-corrected chi connectivity index (χ1v) is 10.6. The molecule has 1 amide bonds. The largest absolute Gasteiger partial charge is 0.381 e. The summed E-state index contributed by atoms with van der Waals surface area (Å²) in [4.78, 5) is 20.4. The second-order valence-electron chi connectivity index (χ2n) is 7.42. The molecule has 0 aliphatic carbocycles. The zero-order valence-electron chi connectivity index (χ0n) is 16.7. The van der Waals surface area contributed by atoms with Crippen LogP contribution in [0.25, 0.3) is 0 Å². The number of guanidine groups is 1. The number of carbonyl (C=O) groups excluding carboxylic acids is 1. The van der Waals surface area contributed by atoms with E-state index in [9.17, 15) is 4.79 Å². The Labute approximate surface area is 188 Å². The van der Waals surface area contributed by atoms with Crippen LogP contribution in [-0.4, -0.2) is 76.3 Å². The second-order valence-corrected chi connectivity index (χ2v) is 8.35. The summed E-state index contributed by atoms with van der Waals surface area (Å²) < 4.78 is 5.45. The highest BCUT2D eigenvalue weighted by atomic mass is 127. The summed E-state index contributed by atoms with van der Waals surface area (Å²) in [5, 5.41) is 10.4. The third-order valence-corrected chi connectivity index (χ3v) is 6.04. The Morgan fingerprint density at radius 3 is 2.75 bits per heavy atom. The zero-order valence-corrected chi connectivity index (χ0v) is 19.9. The number of amides is 1. The van der Waals surface area contributed by atoms with E-state index >= 15 is 0 Å². The van der Waals surface area contributed by atoms with E-state index in [4.69, 9.17) is 4.74 Å². The molecule has 2 aliphatic heterocycles. The van der Waals surface area contributed by atoms with Gasteiger partial charge in [-0.15, -0.1) is 35.3 Å². The van der Waals surface area contributed by atoms with E-state index in [0.717, 1.165) is 58.1 Å². The number of nitrogens with one attached hydrogen (secondary N) is 2. The van der Waals surface area contributed by atoms with Gasteiger partial charge in [-0.1, -0.05) is 0 Å². The van der Waals surface area contributed by atoms with Gasteiger partial charge in [0.25, 0.3) is 0 Å². The fourth-order valence-corrected chi connectivity index (χ4v) is 4.10. The number of carbonyl (C=O) groups is 1. The molecule has 3 rings (SSSR count). The van der Waals surface area contributed by atoms with Gasteiger partial charge in [-0.25, -0.2) is 4.99 Å². The van der Waals surface area contributed by atoms with Crippen molar-refractivity contribution in [1.82, 2.24) is 15.5 Å². The highest BCUT2D eigenvalue weighted by Gasteiger charge is 2.22. The van der Waals surface area contributed by atoms with E-state index in [1.54, 1.807) is 30.3 Å². The van der Waals surface area contributed by atoms with Gasteiger partial charge < -0.3 is 25.2 Å². The van der Waals surface area contributed by atoms with E-state index in [1.165, 1.54) is 5.00 Å². The molecule has 9 heteroatoms. The van der Waals surface area contributed by atoms with Gasteiger partial charge >= 0.3 is 0 Å². The Morgan fingerprint density at radius 2 is 2.14 bits per heavy atom. The van der Waals surface area contributed by atoms with Crippen LogP contribution in [0.3, 0.4) is 0 Å². The average Bonchev–Trinajstić information content (AvgIpc) is 3.38. The van der Waals surface area contributed by atoms with Crippen LogP contribution in [0.5, 0.6) is 0 Å². The first-order valence-electron chi connectivity index (χ1n) is 9.73. The molecule has 1 unspecified atom stereocenters. The Hall–Kier alpha value is -1.07. The number of rotatable bonds is 6. The maximum Gasteiger partial charge on any atom is 0.243 e. The summed E-state index contributed by atoms with van der Waals surface area (Å²) in [5.41, 5.74) is 0. The van der Waals surface area contributed by atoms with E-state index in [-0.39, 0.29) is 36.4 Å². The maximum atomic E-state index is 11.9. The number of piperidine rings is 1. The minimum Gasteiger partial charge on any atom is -0.381 e. The molecule has 2 saturated heterocycles. The van der Waals surface area contributed by atoms with Crippen molar-refractivity contribution in [1.29, 1.82) is 0 Å². The maximum absolute atomic E-state index is 11.9. The molecular weight excluding hydrogens is 489 g/mol. The van der Waals surface area contributed by atoms with Crippen molar-refractivity contribution in [3.63, 3.8) is 0 Å². The topological polar surface area (TPSA) is 69.2 Å². The average molecular weight is 521 g/mol. The smallest absolute Gasteiger partial charge is 0.243 e. The molecule has 0 aromatic carbocycles. The number of hydrogen-bond acceptors (Lipinski definition) is 5. The van der Waals surface area contributed by atoms with Crippen molar-refractivity contribution in [3.8, 4) is 0 Å². The molecular formula is C19H32IN5O2S. The van der Waals surface area contributed by atoms with Gasteiger partial charge in [0.1, 0.15) is 6.54 Å². The normalized spacial score (nSPS) is 20.6. The fraction of sp³-hybridized carbons (Fsp3) is 0.684. The molecule has 1 aromatic heterocycles. The lowest BCUT2D eigenvalue weighted by atomic mass is 10.1. The van der Waals surface area contributed by atoms with E-state index in [2.05, 4.69) is 38.0 Å². The van der Waals surface area contributed by atoms with Gasteiger partial charge in [-0.05, 0) is 36.8 Å². The molecule has 1 aromatic rings. The summed E-state index contributed by atoms with van der Waals surface area (Å²) in [6.45, 7) is 4.72. The predicted molar refractivity (Wildman–Crippen MR) is 126 cm³/mol. The van der Waals surface area contributed by atoms with E-state index in [0.29, 0.717) is 12.0 Å². The van der Waals surface area contributed by atoms with Crippen LogP contribution < -0.4 is 15.5 Å². The first kappa shape index (κ1) is 23.2. The van der Waals surface area contributed by atoms with Crippen molar-refractivity contribution in [2.75, 3.05) is 58.4 Å². The van der Waals surface area contributed by atoms with Crippen LogP contribution in [0.4, 0.5) is 5.00 Å². The van der Waals surface area contributed by atoms with Crippen LogP contribution in [0, 0.1) is 5.92 Å². The standard InChI is InChI=1S/C19H31N5O2S.HI/c1-23(2)17(25)13-21-19(20-12-15-7-10-26-14-15)22-16-5-8-24(9-6-16)18-4-3-11-27-18;/h3-4,11,15-16H,5-10,12-14H2,1-2H3,(H2,20,21,22);1H. The van der Waals surface area contributed by atoms with Gasteiger partial charge in [0.2, 0.25) is 5.91 Å². The molecule has 158 valence electrons. The van der Waals surface area contributed by atoms with Gasteiger partial charge in [-0.2, -0.15) is 0 Å². The van der Waals surface area contributed by atoms with Gasteiger partial charge in [-0.3, -0.25) is 4.79 Å². The molecule has 2 N–H and O–H groups in total. The minimum absolute atomic E-state index is 0. The predicted octanol–water partition coefficient (Wildman–Crippen LogP) is 1.99. The minimum atomic E-state index is 0. The Bertz CT molecular complexity index is 612. The molecule has 0 radical (unpaired) electrons. The van der Waals surface area contributed by atoms with Crippen molar-refractivity contribution in [3.05, 3.63) is 17.5 Å². The molecule has 0 bridgehead atoms. The van der Waals surface area contributed by atoms with Crippen LogP contribution in [-0.2, 0) is 9.53 Å². The summed E-state index contributed by atoms with van der Waals surface area (Å²) >= 11 is 1.80. The third-order valence-electron chi connectivity index (χ3n) is 5.11. The number of halogens is 1. The highest BCUT2D eigenvalue weighted by Crippen LogP contribution is 2.24. The molecule has 28 heavy (non-hydrogen) atoms. The number of hydrogen-bond donors (Lipinski definition) is 2. The SMILES string of the molecule is CN(C)C(=O)CN=C(NCC1CCOC1)NC1CCN(c2cccs2)CC1.I. The molecule has 7 nitrogen and oxygen atoms in total. The fourth-order valence-electron chi connectivity index (χ4n) is 3.31. The van der Waals surface area contributed by atoms with Gasteiger partial charge in [0.15, 0.2) is 5.96 Å². The molecule has 2 aliphatic rings. The number of likely N-dealkylation sites (N-methyl/N-ethyl adjacent to an activating group) is 1. The number of nitrogens with zero attached hydrogens (tertiary/aromatic N) is 3. The second kappa shape index (κ2) is 11.8. The Kier molecular flexibility index (Phi) is 9.80. The summed E-state index contributed by atoms with van der Waals surface area (Å²) in [7, 11) is 3.52. The van der Waals surface area contributed by atoms with Crippen molar-refractivity contribution >= 4 is 52.2 Å². The van der Waals surface area contributed by atoms with E-state index < -0.39 is 0 Å². The first-order chi connectivity index (χ1) is 13.1. The van der Waals surface area contributed by atoms with Crippen LogP contribution in [0.1, 0.15) is 19.3 Å². The van der Waals surface area contributed by atoms with Crippen molar-refractivity contribution < 1.29 is 9.53 Å².